The van der Waals surface area contributed by atoms with Gasteiger partial charge in [-0.25, -0.2) is 4.79 Å². The lowest BCUT2D eigenvalue weighted by Gasteiger charge is -2.26. The predicted molar refractivity (Wildman–Crippen MR) is 56.5 cm³/mol. The summed E-state index contributed by atoms with van der Waals surface area (Å²) < 4.78 is 39.8. The fraction of sp³-hybridized carbons (Fsp3) is 0.909. The van der Waals surface area contributed by atoms with Gasteiger partial charge in [-0.1, -0.05) is 20.8 Å². The van der Waals surface area contributed by atoms with Gasteiger partial charge in [0.15, 0.2) is 6.61 Å². The molecule has 1 aliphatic heterocycles. The highest BCUT2D eigenvalue weighted by atomic mass is 19.4. The molecule has 0 bridgehead atoms. The fourth-order valence-corrected chi connectivity index (χ4v) is 1.87. The first-order valence-corrected chi connectivity index (χ1v) is 5.58. The highest BCUT2D eigenvalue weighted by Crippen LogP contribution is 2.33. The number of hydrogen-bond acceptors (Lipinski definition) is 2. The number of halogens is 3. The van der Waals surface area contributed by atoms with E-state index in [1.165, 1.54) is 4.90 Å². The van der Waals surface area contributed by atoms with Crippen molar-refractivity contribution in [3.63, 3.8) is 0 Å². The number of alkyl halides is 3. The molecule has 0 aliphatic carbocycles. The van der Waals surface area contributed by atoms with Crippen molar-refractivity contribution >= 4 is 6.09 Å². The smallest absolute Gasteiger partial charge is 0.422 e. The van der Waals surface area contributed by atoms with Gasteiger partial charge in [-0.2, -0.15) is 13.2 Å². The number of rotatable bonds is 1. The molecule has 0 aromatic rings. The van der Waals surface area contributed by atoms with Gasteiger partial charge in [0.05, 0.1) is 0 Å². The summed E-state index contributed by atoms with van der Waals surface area (Å²) in [5.41, 5.74) is 0.0546. The zero-order valence-electron chi connectivity index (χ0n) is 10.3. The first-order valence-electron chi connectivity index (χ1n) is 5.58. The fourth-order valence-electron chi connectivity index (χ4n) is 1.87. The Bertz CT molecular complexity index is 283. The Labute approximate surface area is 98.9 Å². The van der Waals surface area contributed by atoms with Gasteiger partial charge in [0.1, 0.15) is 0 Å². The van der Waals surface area contributed by atoms with Crippen LogP contribution in [0.15, 0.2) is 0 Å². The Kier molecular flexibility index (Phi) is 3.94. The van der Waals surface area contributed by atoms with Gasteiger partial charge >= 0.3 is 12.3 Å². The van der Waals surface area contributed by atoms with Crippen LogP contribution < -0.4 is 0 Å². The zero-order chi connectivity index (χ0) is 13.3. The summed E-state index contributed by atoms with van der Waals surface area (Å²) >= 11 is 0. The van der Waals surface area contributed by atoms with E-state index in [4.69, 9.17) is 0 Å². The second-order valence-corrected chi connectivity index (χ2v) is 5.47. The SMILES string of the molecule is CC(C)(C)C1CCN(C(=O)OCC(F)(F)F)C1. The molecule has 1 heterocycles. The first kappa shape index (κ1) is 14.1. The molecule has 1 atom stereocenters. The van der Waals surface area contributed by atoms with E-state index < -0.39 is 18.9 Å². The number of amides is 1. The lowest BCUT2D eigenvalue weighted by molar-refractivity contribution is -0.162. The number of carbonyl (C=O) groups excluding carboxylic acids is 1. The third-order valence-electron chi connectivity index (χ3n) is 3.03. The monoisotopic (exact) mass is 253 g/mol. The molecule has 100 valence electrons. The number of hydrogen-bond donors (Lipinski definition) is 0. The van der Waals surface area contributed by atoms with E-state index in [0.29, 0.717) is 19.0 Å². The molecule has 1 rings (SSSR count). The van der Waals surface area contributed by atoms with Crippen molar-refractivity contribution in [1.82, 2.24) is 4.90 Å². The third-order valence-corrected chi connectivity index (χ3v) is 3.03. The number of carbonyl (C=O) groups is 1. The Morgan fingerprint density at radius 1 is 1.35 bits per heavy atom. The second kappa shape index (κ2) is 4.74. The highest BCUT2D eigenvalue weighted by Gasteiger charge is 2.36. The molecule has 1 aliphatic rings. The van der Waals surface area contributed by atoms with Crippen molar-refractivity contribution < 1.29 is 22.7 Å². The number of ether oxygens (including phenoxy) is 1. The van der Waals surface area contributed by atoms with Gasteiger partial charge in [-0.3, -0.25) is 0 Å². The Morgan fingerprint density at radius 2 is 1.94 bits per heavy atom. The predicted octanol–water partition coefficient (Wildman–Crippen LogP) is 3.05. The largest absolute Gasteiger partial charge is 0.440 e. The van der Waals surface area contributed by atoms with Crippen LogP contribution in [0.2, 0.25) is 0 Å². The van der Waals surface area contributed by atoms with Crippen LogP contribution in [0, 0.1) is 11.3 Å². The molecule has 0 saturated carbocycles. The van der Waals surface area contributed by atoms with Crippen LogP contribution in [-0.2, 0) is 4.74 Å². The minimum atomic E-state index is -4.46. The van der Waals surface area contributed by atoms with Crippen molar-refractivity contribution in [1.29, 1.82) is 0 Å². The van der Waals surface area contributed by atoms with E-state index >= 15 is 0 Å². The maximum Gasteiger partial charge on any atom is 0.422 e. The maximum atomic E-state index is 11.9. The van der Waals surface area contributed by atoms with Gasteiger partial charge in [-0.05, 0) is 17.8 Å². The minimum absolute atomic E-state index is 0.0546. The molecular formula is C11H18F3NO2. The minimum Gasteiger partial charge on any atom is -0.440 e. The van der Waals surface area contributed by atoms with Gasteiger partial charge in [0.2, 0.25) is 0 Å². The van der Waals surface area contributed by atoms with Crippen molar-refractivity contribution in [2.75, 3.05) is 19.7 Å². The van der Waals surface area contributed by atoms with Crippen molar-refractivity contribution in [2.45, 2.75) is 33.4 Å². The van der Waals surface area contributed by atoms with E-state index in [0.717, 1.165) is 6.42 Å². The molecule has 0 spiro atoms. The van der Waals surface area contributed by atoms with E-state index in [1.807, 2.05) is 0 Å². The molecule has 1 amide bonds. The first-order chi connectivity index (χ1) is 7.59. The summed E-state index contributed by atoms with van der Waals surface area (Å²) in [4.78, 5) is 12.7. The van der Waals surface area contributed by atoms with Crippen LogP contribution in [0.4, 0.5) is 18.0 Å². The molecule has 1 fully saturated rings. The Balaban J connectivity index is 2.41. The van der Waals surface area contributed by atoms with Crippen molar-refractivity contribution in [3.05, 3.63) is 0 Å². The average molecular weight is 253 g/mol. The van der Waals surface area contributed by atoms with Crippen molar-refractivity contribution in [3.8, 4) is 0 Å². The zero-order valence-corrected chi connectivity index (χ0v) is 10.3. The molecule has 0 aromatic heterocycles. The van der Waals surface area contributed by atoms with E-state index in [9.17, 15) is 18.0 Å². The average Bonchev–Trinajstić information content (AvgIpc) is 2.60. The normalized spacial score (nSPS) is 21.8. The van der Waals surface area contributed by atoms with Crippen LogP contribution in [0.1, 0.15) is 27.2 Å². The van der Waals surface area contributed by atoms with Gasteiger partial charge in [-0.15, -0.1) is 0 Å². The Morgan fingerprint density at radius 3 is 2.35 bits per heavy atom. The summed E-state index contributed by atoms with van der Waals surface area (Å²) in [5, 5.41) is 0. The summed E-state index contributed by atoms with van der Waals surface area (Å²) in [7, 11) is 0. The standard InChI is InChI=1S/C11H18F3NO2/c1-10(2,3)8-4-5-15(6-8)9(16)17-7-11(12,13)14/h8H,4-7H2,1-3H3. The highest BCUT2D eigenvalue weighted by molar-refractivity contribution is 5.68. The van der Waals surface area contributed by atoms with E-state index in [-0.39, 0.29) is 5.41 Å². The molecular weight excluding hydrogens is 235 g/mol. The summed E-state index contributed by atoms with van der Waals surface area (Å²) in [6, 6.07) is 0. The number of nitrogens with zero attached hydrogens (tertiary/aromatic N) is 1. The van der Waals surface area contributed by atoms with E-state index in [1.54, 1.807) is 0 Å². The molecule has 6 heteroatoms. The molecule has 0 N–H and O–H groups in total. The topological polar surface area (TPSA) is 29.5 Å². The lowest BCUT2D eigenvalue weighted by Crippen LogP contribution is -2.33. The van der Waals surface area contributed by atoms with Crippen LogP contribution in [0.5, 0.6) is 0 Å². The lowest BCUT2D eigenvalue weighted by atomic mass is 9.80. The third kappa shape index (κ3) is 4.44. The Hall–Kier alpha value is -0.940. The molecule has 1 saturated heterocycles. The van der Waals surface area contributed by atoms with Gasteiger partial charge in [0.25, 0.3) is 0 Å². The van der Waals surface area contributed by atoms with Gasteiger partial charge < -0.3 is 9.64 Å². The molecule has 17 heavy (non-hydrogen) atoms. The van der Waals surface area contributed by atoms with Crippen LogP contribution >= 0.6 is 0 Å². The van der Waals surface area contributed by atoms with Crippen molar-refractivity contribution in [2.24, 2.45) is 11.3 Å². The van der Waals surface area contributed by atoms with E-state index in [2.05, 4.69) is 25.5 Å². The van der Waals surface area contributed by atoms with Crippen LogP contribution in [0.3, 0.4) is 0 Å². The number of likely N-dealkylation sites (tertiary alicyclic amines) is 1. The molecule has 0 radical (unpaired) electrons. The molecule has 3 nitrogen and oxygen atoms in total. The second-order valence-electron chi connectivity index (χ2n) is 5.47. The summed E-state index contributed by atoms with van der Waals surface area (Å²) in [5.74, 6) is 0.306. The summed E-state index contributed by atoms with van der Waals surface area (Å²) in [6.45, 7) is 5.61. The van der Waals surface area contributed by atoms with Gasteiger partial charge in [0, 0.05) is 13.1 Å². The van der Waals surface area contributed by atoms with Crippen LogP contribution in [-0.4, -0.2) is 36.9 Å². The molecule has 1 unspecified atom stereocenters. The quantitative estimate of drug-likeness (QED) is 0.718. The summed E-state index contributed by atoms with van der Waals surface area (Å²) in [6.07, 6.45) is -4.52. The van der Waals surface area contributed by atoms with Crippen LogP contribution in [0.25, 0.3) is 0 Å². The molecule has 0 aromatic carbocycles. The maximum absolute atomic E-state index is 11.9.